The molecule has 0 heterocycles. The smallest absolute Gasteiger partial charge is 0.255 e. The van der Waals surface area contributed by atoms with Crippen LogP contribution in [0.2, 0.25) is 0 Å². The predicted molar refractivity (Wildman–Crippen MR) is 134 cm³/mol. The van der Waals surface area contributed by atoms with Crippen LogP contribution in [-0.4, -0.2) is 62.5 Å². The molecule has 0 aromatic heterocycles. The van der Waals surface area contributed by atoms with E-state index in [0.29, 0.717) is 28.8 Å². The molecule has 0 fully saturated rings. The van der Waals surface area contributed by atoms with Crippen molar-refractivity contribution in [2.24, 2.45) is 17.6 Å². The van der Waals surface area contributed by atoms with Crippen molar-refractivity contribution in [1.29, 1.82) is 0 Å². The van der Waals surface area contributed by atoms with Crippen molar-refractivity contribution in [2.45, 2.75) is 31.4 Å². The second kappa shape index (κ2) is 8.78. The Morgan fingerprint density at radius 1 is 1.13 bits per heavy atom. The normalized spacial score (nSPS) is 24.9. The van der Waals surface area contributed by atoms with Crippen LogP contribution in [-0.2, 0) is 22.6 Å². The quantitative estimate of drug-likeness (QED) is 0.383. The molecule has 0 saturated carbocycles. The van der Waals surface area contributed by atoms with E-state index in [1.165, 1.54) is 12.1 Å². The third-order valence-electron chi connectivity index (χ3n) is 7.79. The molecule has 2 aromatic carbocycles. The summed E-state index contributed by atoms with van der Waals surface area (Å²) in [4.78, 5) is 40.4. The SMILES string of the molecule is CN(C)Cc1cc(-c2ccc(O)c3c2C[C@H]2C[C@H]4CC(O)=C(C(N)=O)C(=O)[C@@]4(O)C(O)=C2C3=O)ccc1F. The van der Waals surface area contributed by atoms with E-state index >= 15 is 0 Å². The van der Waals surface area contributed by atoms with E-state index in [1.807, 2.05) is 19.0 Å². The Hall–Kier alpha value is -4.02. The van der Waals surface area contributed by atoms with Crippen molar-refractivity contribution < 1.29 is 39.2 Å². The Labute approximate surface area is 217 Å². The number of hydrogen-bond donors (Lipinski definition) is 5. The van der Waals surface area contributed by atoms with Crippen LogP contribution in [0.4, 0.5) is 4.39 Å². The minimum Gasteiger partial charge on any atom is -0.511 e. The number of fused-ring (bicyclic) bond motifs is 3. The van der Waals surface area contributed by atoms with E-state index in [4.69, 9.17) is 5.73 Å². The van der Waals surface area contributed by atoms with Gasteiger partial charge in [0.05, 0.1) is 5.56 Å². The number of benzene rings is 2. The van der Waals surface area contributed by atoms with Gasteiger partial charge >= 0.3 is 0 Å². The van der Waals surface area contributed by atoms with E-state index in [0.717, 1.165) is 0 Å². The summed E-state index contributed by atoms with van der Waals surface area (Å²) in [6, 6.07) is 7.58. The lowest BCUT2D eigenvalue weighted by molar-refractivity contribution is -0.144. The van der Waals surface area contributed by atoms with Gasteiger partial charge in [-0.05, 0) is 67.7 Å². The Morgan fingerprint density at radius 3 is 2.50 bits per heavy atom. The minimum absolute atomic E-state index is 0.0350. The molecule has 0 aliphatic heterocycles. The largest absolute Gasteiger partial charge is 0.511 e. The van der Waals surface area contributed by atoms with E-state index in [2.05, 4.69) is 0 Å². The summed E-state index contributed by atoms with van der Waals surface area (Å²) in [5.74, 6) is -7.14. The zero-order valence-corrected chi connectivity index (χ0v) is 20.8. The molecule has 0 bridgehead atoms. The summed E-state index contributed by atoms with van der Waals surface area (Å²) >= 11 is 0. The number of amides is 1. The van der Waals surface area contributed by atoms with Crippen molar-refractivity contribution in [3.05, 3.63) is 75.5 Å². The fourth-order valence-corrected chi connectivity index (χ4v) is 6.09. The maximum Gasteiger partial charge on any atom is 0.255 e. The molecule has 2 aromatic rings. The predicted octanol–water partition coefficient (Wildman–Crippen LogP) is 2.45. The Bertz CT molecular complexity index is 1490. The van der Waals surface area contributed by atoms with Gasteiger partial charge in [0.25, 0.3) is 5.91 Å². The molecule has 38 heavy (non-hydrogen) atoms. The lowest BCUT2D eigenvalue weighted by Crippen LogP contribution is -2.57. The number of ketones is 2. The highest BCUT2D eigenvalue weighted by molar-refractivity contribution is 6.24. The number of primary amides is 1. The van der Waals surface area contributed by atoms with E-state index in [-0.39, 0.29) is 42.0 Å². The van der Waals surface area contributed by atoms with Crippen molar-refractivity contribution in [2.75, 3.05) is 14.1 Å². The summed E-state index contributed by atoms with van der Waals surface area (Å²) < 4.78 is 14.5. The van der Waals surface area contributed by atoms with Gasteiger partial charge in [0.1, 0.15) is 28.7 Å². The van der Waals surface area contributed by atoms with Crippen LogP contribution in [0.3, 0.4) is 0 Å². The Kier molecular flexibility index (Phi) is 5.92. The van der Waals surface area contributed by atoms with E-state index in [1.54, 1.807) is 18.2 Å². The maximum atomic E-state index is 14.5. The molecular weight excluding hydrogens is 495 g/mol. The standard InChI is InChI=1S/C28H27FN2O7/c1-31(2)11-14-7-12(3-5-18(14)29)16-4-6-19(32)22-17(16)9-13-8-15-10-20(33)23(27(30)37)26(36)28(15,38)25(35)21(13)24(22)34/h3-7,13,15,32-33,35,38H,8-11H2,1-2H3,(H2,30,37)/t13-,15+,28+/m1/s1. The number of carbonyl (C=O) groups excluding carboxylic acids is 3. The number of Topliss-reactive ketones (excluding diaryl/α,β-unsaturated/α-hetero) is 2. The molecule has 10 heteroatoms. The van der Waals surface area contributed by atoms with Crippen LogP contribution in [0.1, 0.15) is 34.3 Å². The van der Waals surface area contributed by atoms with E-state index < -0.39 is 52.0 Å². The van der Waals surface area contributed by atoms with Gasteiger partial charge in [-0.3, -0.25) is 14.4 Å². The molecule has 3 atom stereocenters. The number of allylic oxidation sites excluding steroid dienone is 2. The van der Waals surface area contributed by atoms with Crippen molar-refractivity contribution in [3.8, 4) is 16.9 Å². The highest BCUT2D eigenvalue weighted by atomic mass is 19.1. The van der Waals surface area contributed by atoms with Gasteiger partial charge < -0.3 is 31.1 Å². The number of rotatable bonds is 4. The molecular formula is C28H27FN2O7. The number of hydrogen-bond acceptors (Lipinski definition) is 8. The Morgan fingerprint density at radius 2 is 1.84 bits per heavy atom. The minimum atomic E-state index is -2.61. The van der Waals surface area contributed by atoms with Crippen LogP contribution >= 0.6 is 0 Å². The van der Waals surface area contributed by atoms with E-state index in [9.17, 15) is 39.2 Å². The highest BCUT2D eigenvalue weighted by Gasteiger charge is 2.59. The molecule has 9 nitrogen and oxygen atoms in total. The third kappa shape index (κ3) is 3.63. The van der Waals surface area contributed by atoms with Gasteiger partial charge in [0.15, 0.2) is 11.4 Å². The average Bonchev–Trinajstić information content (AvgIpc) is 2.82. The van der Waals surface area contributed by atoms with Crippen molar-refractivity contribution in [1.82, 2.24) is 4.90 Å². The van der Waals surface area contributed by atoms with Crippen LogP contribution in [0.5, 0.6) is 5.75 Å². The molecule has 0 radical (unpaired) electrons. The number of aliphatic hydroxyl groups excluding tert-OH is 2. The second-order valence-corrected chi connectivity index (χ2v) is 10.4. The van der Waals surface area contributed by atoms with Crippen LogP contribution in [0.25, 0.3) is 11.1 Å². The zero-order chi connectivity index (χ0) is 27.7. The summed E-state index contributed by atoms with van der Waals surface area (Å²) in [5.41, 5.74) is 3.66. The molecule has 0 saturated heterocycles. The summed E-state index contributed by atoms with van der Waals surface area (Å²) in [5, 5.41) is 43.5. The molecule has 5 rings (SSSR count). The number of phenols is 1. The van der Waals surface area contributed by atoms with Gasteiger partial charge in [0, 0.05) is 30.0 Å². The first-order valence-corrected chi connectivity index (χ1v) is 12.1. The lowest BCUT2D eigenvalue weighted by Gasteiger charge is -2.45. The molecule has 198 valence electrons. The van der Waals surface area contributed by atoms with Gasteiger partial charge in [-0.15, -0.1) is 0 Å². The first kappa shape index (κ1) is 25.6. The van der Waals surface area contributed by atoms with Crippen LogP contribution < -0.4 is 5.73 Å². The molecule has 3 aliphatic rings. The monoisotopic (exact) mass is 522 g/mol. The number of phenolic OH excluding ortho intramolecular Hbond substituents is 1. The topological polar surface area (TPSA) is 161 Å². The van der Waals surface area contributed by atoms with Crippen molar-refractivity contribution in [3.63, 3.8) is 0 Å². The molecule has 3 aliphatic carbocycles. The number of nitrogens with zero attached hydrogens (tertiary/aromatic N) is 1. The van der Waals surface area contributed by atoms with Gasteiger partial charge in [-0.1, -0.05) is 12.1 Å². The number of aromatic hydroxyl groups is 1. The molecule has 0 spiro atoms. The summed E-state index contributed by atoms with van der Waals surface area (Å²) in [6.07, 6.45) is -0.0972. The lowest BCUT2D eigenvalue weighted by atomic mass is 9.60. The first-order chi connectivity index (χ1) is 17.9. The number of nitrogens with two attached hydrogens (primary N) is 1. The fraction of sp³-hybridized carbons (Fsp3) is 0.321. The van der Waals surface area contributed by atoms with Gasteiger partial charge in [-0.25, -0.2) is 4.39 Å². The van der Waals surface area contributed by atoms with Crippen LogP contribution in [0, 0.1) is 17.7 Å². The van der Waals surface area contributed by atoms with Gasteiger partial charge in [0.2, 0.25) is 5.78 Å². The summed E-state index contributed by atoms with van der Waals surface area (Å²) in [6.45, 7) is 0.348. The molecule has 6 N–H and O–H groups in total. The maximum absolute atomic E-state index is 14.5. The third-order valence-corrected chi connectivity index (χ3v) is 7.79. The first-order valence-electron chi connectivity index (χ1n) is 12.1. The van der Waals surface area contributed by atoms with Crippen molar-refractivity contribution >= 4 is 17.5 Å². The van der Waals surface area contributed by atoms with Gasteiger partial charge in [-0.2, -0.15) is 0 Å². The number of aliphatic hydroxyl groups is 3. The summed E-state index contributed by atoms with van der Waals surface area (Å²) in [7, 11) is 3.63. The Balaban J connectivity index is 1.65. The molecule has 0 unspecified atom stereocenters. The van der Waals surface area contributed by atoms with Crippen LogP contribution in [0.15, 0.2) is 53.0 Å². The number of carbonyl (C=O) groups is 3. The molecule has 1 amide bonds. The average molecular weight is 523 g/mol. The number of halogens is 1. The zero-order valence-electron chi connectivity index (χ0n) is 20.8. The second-order valence-electron chi connectivity index (χ2n) is 10.4. The highest BCUT2D eigenvalue weighted by Crippen LogP contribution is 2.52. The fourth-order valence-electron chi connectivity index (χ4n) is 6.09.